The van der Waals surface area contributed by atoms with E-state index >= 15 is 0 Å². The van der Waals surface area contributed by atoms with Crippen LogP contribution in [0, 0.1) is 11.7 Å². The number of rotatable bonds is 11. The van der Waals surface area contributed by atoms with Crippen LogP contribution in [0.2, 0.25) is 6.32 Å². The minimum Gasteiger partial charge on any atom is -0.493 e. The summed E-state index contributed by atoms with van der Waals surface area (Å²) < 4.78 is 24.8. The number of aliphatic carboxylic acids is 1. The Hall–Kier alpha value is -1.88. The normalized spacial score (nSPS) is 17.4. The van der Waals surface area contributed by atoms with Crippen LogP contribution in [0.1, 0.15) is 37.7 Å². The second kappa shape index (κ2) is 10.9. The van der Waals surface area contributed by atoms with Crippen LogP contribution in [0.3, 0.4) is 0 Å². The number of methoxy groups -OCH3 is 2. The van der Waals surface area contributed by atoms with Gasteiger partial charge in [-0.25, -0.2) is 4.39 Å². The van der Waals surface area contributed by atoms with Gasteiger partial charge in [-0.05, 0) is 50.7 Å². The average Bonchev–Trinajstić information content (AvgIpc) is 2.72. The van der Waals surface area contributed by atoms with Gasteiger partial charge in [-0.1, -0.05) is 12.8 Å². The molecule has 168 valence electrons. The van der Waals surface area contributed by atoms with Crippen molar-refractivity contribution in [2.45, 2.75) is 50.5 Å². The van der Waals surface area contributed by atoms with Crippen molar-refractivity contribution in [2.75, 3.05) is 27.3 Å². The first-order valence-corrected chi connectivity index (χ1v) is 10.2. The summed E-state index contributed by atoms with van der Waals surface area (Å²) in [4.78, 5) is 14.0. The summed E-state index contributed by atoms with van der Waals surface area (Å²) >= 11 is 0. The molecule has 5 N–H and O–H groups in total. The number of piperidine rings is 1. The summed E-state index contributed by atoms with van der Waals surface area (Å²) in [7, 11) is 1.57. The Morgan fingerprint density at radius 3 is 2.37 bits per heavy atom. The van der Waals surface area contributed by atoms with Crippen LogP contribution in [-0.4, -0.2) is 66.0 Å². The van der Waals surface area contributed by atoms with Crippen LogP contribution >= 0.6 is 0 Å². The zero-order valence-electron chi connectivity index (χ0n) is 17.6. The second-order valence-electron chi connectivity index (χ2n) is 7.92. The van der Waals surface area contributed by atoms with Crippen LogP contribution < -0.4 is 15.2 Å². The maximum atomic E-state index is 14.4. The molecule has 0 aliphatic carbocycles. The predicted molar refractivity (Wildman–Crippen MR) is 111 cm³/mol. The number of likely N-dealkylation sites (tertiary alicyclic amines) is 1. The van der Waals surface area contributed by atoms with E-state index in [1.54, 1.807) is 6.07 Å². The third kappa shape index (κ3) is 6.07. The van der Waals surface area contributed by atoms with E-state index in [0.29, 0.717) is 62.4 Å². The van der Waals surface area contributed by atoms with E-state index in [2.05, 4.69) is 4.90 Å². The van der Waals surface area contributed by atoms with Crippen molar-refractivity contribution >= 4 is 13.1 Å². The number of unbranched alkanes of at least 4 members (excludes halogenated alkanes) is 1. The average molecular weight is 426 g/mol. The Morgan fingerprint density at radius 1 is 1.23 bits per heavy atom. The number of ether oxygens (including phenoxy) is 2. The van der Waals surface area contributed by atoms with Gasteiger partial charge < -0.3 is 30.4 Å². The third-order valence-corrected chi connectivity index (χ3v) is 5.96. The van der Waals surface area contributed by atoms with E-state index in [1.165, 1.54) is 20.3 Å². The first kappa shape index (κ1) is 24.4. The fourth-order valence-electron chi connectivity index (χ4n) is 4.09. The van der Waals surface area contributed by atoms with Crippen molar-refractivity contribution < 1.29 is 33.8 Å². The molecule has 0 bridgehead atoms. The molecule has 10 heteroatoms. The molecule has 1 unspecified atom stereocenters. The van der Waals surface area contributed by atoms with E-state index in [-0.39, 0.29) is 24.5 Å². The van der Waals surface area contributed by atoms with Crippen LogP contribution in [-0.2, 0) is 11.3 Å². The standard InChI is InChI=1S/C20H32BFN2O6/c1-29-17-11-14(16(22)12-18(17)30-2)13-24-9-5-15(6-10-24)20(23,19(25)26)7-3-4-8-21(27)28/h11-12,15,27-28H,3-10,13,23H2,1-2H3,(H,25,26). The van der Waals surface area contributed by atoms with E-state index in [9.17, 15) is 14.3 Å². The highest BCUT2D eigenvalue weighted by Gasteiger charge is 2.43. The number of halogens is 1. The van der Waals surface area contributed by atoms with Crippen LogP contribution in [0.15, 0.2) is 12.1 Å². The van der Waals surface area contributed by atoms with Gasteiger partial charge in [0, 0.05) is 18.2 Å². The number of carbonyl (C=O) groups is 1. The number of carboxylic acids is 1. The van der Waals surface area contributed by atoms with Gasteiger partial charge in [-0.2, -0.15) is 0 Å². The summed E-state index contributed by atoms with van der Waals surface area (Å²) in [5.41, 5.74) is 5.44. The van der Waals surface area contributed by atoms with Crippen LogP contribution in [0.5, 0.6) is 11.5 Å². The molecule has 2 rings (SSSR count). The quantitative estimate of drug-likeness (QED) is 0.310. The van der Waals surface area contributed by atoms with E-state index in [4.69, 9.17) is 25.3 Å². The maximum absolute atomic E-state index is 14.4. The zero-order valence-corrected chi connectivity index (χ0v) is 17.6. The monoisotopic (exact) mass is 426 g/mol. The van der Waals surface area contributed by atoms with Gasteiger partial charge in [0.25, 0.3) is 0 Å². The molecule has 1 saturated heterocycles. The lowest BCUT2D eigenvalue weighted by atomic mass is 9.74. The number of nitrogens with two attached hydrogens (primary N) is 1. The molecule has 0 radical (unpaired) electrons. The molecule has 1 fully saturated rings. The number of hydrogen-bond donors (Lipinski definition) is 4. The molecule has 1 aliphatic heterocycles. The van der Waals surface area contributed by atoms with Gasteiger partial charge in [0.1, 0.15) is 11.4 Å². The molecule has 1 atom stereocenters. The van der Waals surface area contributed by atoms with Gasteiger partial charge in [-0.3, -0.25) is 9.69 Å². The van der Waals surface area contributed by atoms with Crippen LogP contribution in [0.4, 0.5) is 4.39 Å². The Balaban J connectivity index is 1.96. The van der Waals surface area contributed by atoms with Gasteiger partial charge in [0.05, 0.1) is 14.2 Å². The summed E-state index contributed by atoms with van der Waals surface area (Å²) in [5.74, 6) is -0.805. The molecule has 1 heterocycles. The lowest BCUT2D eigenvalue weighted by Gasteiger charge is -2.40. The van der Waals surface area contributed by atoms with E-state index in [0.717, 1.165) is 0 Å². The summed E-state index contributed by atoms with van der Waals surface area (Å²) in [6.45, 7) is 1.61. The topological polar surface area (TPSA) is 125 Å². The maximum Gasteiger partial charge on any atom is 0.451 e. The molecule has 1 aromatic rings. The number of benzene rings is 1. The van der Waals surface area contributed by atoms with Crippen molar-refractivity contribution in [2.24, 2.45) is 11.7 Å². The zero-order chi connectivity index (χ0) is 22.3. The Kier molecular flexibility index (Phi) is 8.90. The Morgan fingerprint density at radius 2 is 1.83 bits per heavy atom. The van der Waals surface area contributed by atoms with E-state index in [1.807, 2.05) is 0 Å². The Bertz CT molecular complexity index is 715. The van der Waals surface area contributed by atoms with Crippen LogP contribution in [0.25, 0.3) is 0 Å². The minimum atomic E-state index is -1.39. The molecular weight excluding hydrogens is 394 g/mol. The second-order valence-corrected chi connectivity index (χ2v) is 7.92. The lowest BCUT2D eigenvalue weighted by molar-refractivity contribution is -0.147. The number of nitrogens with zero attached hydrogens (tertiary/aromatic N) is 1. The predicted octanol–water partition coefficient (Wildman–Crippen LogP) is 1.48. The minimum absolute atomic E-state index is 0.194. The molecule has 1 aromatic carbocycles. The summed E-state index contributed by atoms with van der Waals surface area (Å²) in [6, 6.07) is 2.93. The Labute approximate surface area is 176 Å². The first-order valence-electron chi connectivity index (χ1n) is 10.2. The lowest BCUT2D eigenvalue weighted by Crippen LogP contribution is -2.56. The molecule has 0 saturated carbocycles. The van der Waals surface area contributed by atoms with Gasteiger partial charge in [0.15, 0.2) is 11.5 Å². The number of hydrogen-bond acceptors (Lipinski definition) is 7. The number of carboxylic acid groups (broad SMARTS) is 1. The van der Waals surface area contributed by atoms with Gasteiger partial charge in [0.2, 0.25) is 0 Å². The smallest absolute Gasteiger partial charge is 0.451 e. The molecule has 0 amide bonds. The van der Waals surface area contributed by atoms with E-state index < -0.39 is 18.6 Å². The summed E-state index contributed by atoms with van der Waals surface area (Å²) in [6.07, 6.45) is 2.69. The van der Waals surface area contributed by atoms with Crippen molar-refractivity contribution in [1.82, 2.24) is 4.90 Å². The highest BCUT2D eigenvalue weighted by molar-refractivity contribution is 6.40. The molecule has 30 heavy (non-hydrogen) atoms. The van der Waals surface area contributed by atoms with Gasteiger partial charge in [-0.15, -0.1) is 0 Å². The van der Waals surface area contributed by atoms with Crippen molar-refractivity contribution in [3.63, 3.8) is 0 Å². The molecule has 1 aliphatic rings. The molecular formula is C20H32BFN2O6. The first-order chi connectivity index (χ1) is 14.2. The highest BCUT2D eigenvalue weighted by Crippen LogP contribution is 2.34. The van der Waals surface area contributed by atoms with Crippen molar-refractivity contribution in [3.8, 4) is 11.5 Å². The third-order valence-electron chi connectivity index (χ3n) is 5.96. The van der Waals surface area contributed by atoms with Crippen molar-refractivity contribution in [3.05, 3.63) is 23.5 Å². The largest absolute Gasteiger partial charge is 0.493 e. The van der Waals surface area contributed by atoms with Gasteiger partial charge >= 0.3 is 13.1 Å². The molecule has 0 aromatic heterocycles. The SMILES string of the molecule is COc1cc(F)c(CN2CCC(C(N)(CCCCB(O)O)C(=O)O)CC2)cc1OC. The summed E-state index contributed by atoms with van der Waals surface area (Å²) in [5, 5.41) is 27.6. The molecule has 8 nitrogen and oxygen atoms in total. The molecule has 0 spiro atoms. The van der Waals surface area contributed by atoms with Crippen molar-refractivity contribution in [1.29, 1.82) is 0 Å². The fraction of sp³-hybridized carbons (Fsp3) is 0.650. The highest BCUT2D eigenvalue weighted by atomic mass is 19.1. The fourth-order valence-corrected chi connectivity index (χ4v) is 4.09.